The fourth-order valence-corrected chi connectivity index (χ4v) is 8.50. The summed E-state index contributed by atoms with van der Waals surface area (Å²) < 4.78 is 17.5. The first-order valence-electron chi connectivity index (χ1n) is 12.0. The minimum atomic E-state index is -4.30. The van der Waals surface area contributed by atoms with E-state index in [1.165, 1.54) is 29.2 Å². The molecule has 4 N–H and O–H groups in total. The van der Waals surface area contributed by atoms with Crippen LogP contribution in [-0.2, 0) is 9.36 Å². The van der Waals surface area contributed by atoms with Crippen molar-refractivity contribution in [2.24, 2.45) is 11.8 Å². The Morgan fingerprint density at radius 1 is 1.32 bits per heavy atom. The molecule has 1 aliphatic rings. The van der Waals surface area contributed by atoms with Crippen molar-refractivity contribution >= 4 is 52.9 Å². The number of aliphatic hydroxyl groups is 1. The van der Waals surface area contributed by atoms with Crippen LogP contribution in [0.2, 0.25) is 0 Å². The molecule has 0 radical (unpaired) electrons. The first kappa shape index (κ1) is 28.0. The second-order valence-corrected chi connectivity index (χ2v) is 13.0. The van der Waals surface area contributed by atoms with Gasteiger partial charge in [0, 0.05) is 30.4 Å². The van der Waals surface area contributed by atoms with Crippen LogP contribution in [0.3, 0.4) is 0 Å². The van der Waals surface area contributed by atoms with Crippen LogP contribution < -0.4 is 10.0 Å². The molecule has 4 rings (SSSR count). The predicted octanol–water partition coefficient (Wildman–Crippen LogP) is 3.74. The number of thiophene rings is 1. The van der Waals surface area contributed by atoms with Gasteiger partial charge in [0.15, 0.2) is 0 Å². The van der Waals surface area contributed by atoms with Crippen molar-refractivity contribution in [1.82, 2.24) is 9.88 Å². The van der Waals surface area contributed by atoms with E-state index in [-0.39, 0.29) is 11.2 Å². The van der Waals surface area contributed by atoms with E-state index in [1.807, 2.05) is 18.2 Å². The van der Waals surface area contributed by atoms with Crippen LogP contribution in [0.15, 0.2) is 46.1 Å². The second kappa shape index (κ2) is 12.3. The van der Waals surface area contributed by atoms with Gasteiger partial charge in [-0.05, 0) is 73.0 Å². The third-order valence-electron chi connectivity index (χ3n) is 6.87. The Kier molecular flexibility index (Phi) is 9.29. The summed E-state index contributed by atoms with van der Waals surface area (Å²) in [4.78, 5) is 37.5. The lowest BCUT2D eigenvalue weighted by molar-refractivity contribution is -0.146. The van der Waals surface area contributed by atoms with Crippen LogP contribution in [0, 0.1) is 11.8 Å². The summed E-state index contributed by atoms with van der Waals surface area (Å²) in [6.45, 7) is 1.80. The Labute approximate surface area is 223 Å². The van der Waals surface area contributed by atoms with Crippen molar-refractivity contribution < 1.29 is 34.1 Å². The van der Waals surface area contributed by atoms with E-state index in [0.717, 1.165) is 23.0 Å². The van der Waals surface area contributed by atoms with Gasteiger partial charge in [-0.2, -0.15) is 0 Å². The Hall–Kier alpha value is -1.98. The number of hydrogen-bond donors (Lipinski definition) is 4. The van der Waals surface area contributed by atoms with Crippen molar-refractivity contribution in [3.63, 3.8) is 0 Å². The number of aliphatic carboxylic acids is 1. The number of aliphatic hydroxyl groups excluding tert-OH is 1. The number of benzene rings is 1. The molecule has 0 bridgehead atoms. The number of piperidine rings is 1. The first-order valence-corrected chi connectivity index (χ1v) is 15.5. The zero-order valence-corrected chi connectivity index (χ0v) is 22.9. The largest absolute Gasteiger partial charge is 0.497 e. The Morgan fingerprint density at radius 3 is 2.86 bits per heavy atom. The number of nitrogens with zero attached hydrogens (tertiary/aromatic N) is 2. The molecule has 12 heteroatoms. The number of carbonyl (C=O) groups is 1. The molecule has 1 fully saturated rings. The highest BCUT2D eigenvalue weighted by Crippen LogP contribution is 2.40. The number of pyridine rings is 1. The molecule has 0 aliphatic carbocycles. The second-order valence-electron chi connectivity index (χ2n) is 9.16. The van der Waals surface area contributed by atoms with Gasteiger partial charge in [0.25, 0.3) is 0 Å². The number of carboxylic acid groups (broad SMARTS) is 1. The first-order chi connectivity index (χ1) is 17.7. The fraction of sp³-hybridized carbons (Fsp3) is 0.440. The number of thioether (sulfide) groups is 1. The average Bonchev–Trinajstić information content (AvgIpc) is 3.36. The summed E-state index contributed by atoms with van der Waals surface area (Å²) in [6.07, 6.45) is 2.68. The maximum Gasteiger partial charge on any atom is 0.358 e. The normalized spacial score (nSPS) is 19.7. The van der Waals surface area contributed by atoms with E-state index in [0.29, 0.717) is 48.1 Å². The van der Waals surface area contributed by atoms with Crippen molar-refractivity contribution in [3.05, 3.63) is 47.5 Å². The van der Waals surface area contributed by atoms with E-state index in [4.69, 9.17) is 4.74 Å². The maximum absolute atomic E-state index is 12.1. The molecule has 200 valence electrons. The topological polar surface area (TPSA) is 140 Å². The van der Waals surface area contributed by atoms with Gasteiger partial charge in [-0.15, -0.1) is 23.1 Å². The van der Waals surface area contributed by atoms with Crippen LogP contribution >= 0.6 is 30.7 Å². The molecular weight excluding hydrogens is 535 g/mol. The lowest BCUT2D eigenvalue weighted by Gasteiger charge is -2.37. The lowest BCUT2D eigenvalue weighted by Crippen LogP contribution is -2.44. The summed E-state index contributed by atoms with van der Waals surface area (Å²) >= 11 is 2.69. The van der Waals surface area contributed by atoms with E-state index < -0.39 is 25.6 Å². The van der Waals surface area contributed by atoms with E-state index in [1.54, 1.807) is 24.8 Å². The van der Waals surface area contributed by atoms with E-state index in [9.17, 15) is 29.4 Å². The van der Waals surface area contributed by atoms with Gasteiger partial charge in [-0.1, -0.05) is 0 Å². The van der Waals surface area contributed by atoms with Crippen LogP contribution in [0.1, 0.15) is 30.9 Å². The highest BCUT2D eigenvalue weighted by Gasteiger charge is 2.34. The van der Waals surface area contributed by atoms with Crippen LogP contribution in [0.4, 0.5) is 0 Å². The van der Waals surface area contributed by atoms with Crippen molar-refractivity contribution in [2.75, 3.05) is 32.5 Å². The highest BCUT2D eigenvalue weighted by molar-refractivity contribution is 8.01. The standard InChI is InChI=1S/C25H31N2O7PS2/c1-34-17-3-4-21-19(14-17)18(6-9-26-21)22(28)5-2-16-7-10-27(15-20(16)24(29)30)11-13-37-25-23(8-12-36-25)35(31,32)33/h3-4,6,8-9,12,14,16,20,22,28H,2,5,7,10-11,13,15H2,1H3,(H,29,30)(H2,31,32,33)/t16-,20+,22-/m1/s1. The molecule has 1 saturated heterocycles. The number of rotatable bonds is 11. The zero-order chi connectivity index (χ0) is 26.6. The number of methoxy groups -OCH3 is 1. The molecule has 37 heavy (non-hydrogen) atoms. The molecule has 3 atom stereocenters. The maximum atomic E-state index is 12.1. The Morgan fingerprint density at radius 2 is 2.14 bits per heavy atom. The average molecular weight is 567 g/mol. The van der Waals surface area contributed by atoms with Gasteiger partial charge >= 0.3 is 13.6 Å². The molecule has 0 saturated carbocycles. The molecule has 0 unspecified atom stereocenters. The molecule has 0 amide bonds. The summed E-state index contributed by atoms with van der Waals surface area (Å²) in [6, 6.07) is 8.79. The number of likely N-dealkylation sites (tertiary alicyclic amines) is 1. The van der Waals surface area contributed by atoms with Crippen LogP contribution in [-0.4, -0.2) is 68.3 Å². The van der Waals surface area contributed by atoms with Crippen LogP contribution in [0.25, 0.3) is 10.9 Å². The minimum absolute atomic E-state index is 0.0442. The number of ether oxygens (including phenoxy) is 1. The third-order valence-corrected chi connectivity index (χ3v) is 10.4. The Balaban J connectivity index is 1.33. The molecule has 3 aromatic rings. The number of aromatic nitrogens is 1. The Bertz CT molecular complexity index is 1280. The third kappa shape index (κ3) is 6.92. The van der Waals surface area contributed by atoms with Crippen LogP contribution in [0.5, 0.6) is 5.75 Å². The van der Waals surface area contributed by atoms with Gasteiger partial charge in [0.05, 0.1) is 34.2 Å². The summed E-state index contributed by atoms with van der Waals surface area (Å²) in [5.41, 5.74) is 1.52. The van der Waals surface area contributed by atoms with E-state index >= 15 is 0 Å². The predicted molar refractivity (Wildman–Crippen MR) is 145 cm³/mol. The van der Waals surface area contributed by atoms with Crippen molar-refractivity contribution in [2.45, 2.75) is 29.6 Å². The molecule has 2 aromatic heterocycles. The summed E-state index contributed by atoms with van der Waals surface area (Å²) in [5, 5.41) is 23.5. The summed E-state index contributed by atoms with van der Waals surface area (Å²) in [7, 11) is -2.71. The van der Waals surface area contributed by atoms with Crippen molar-refractivity contribution in [3.8, 4) is 5.75 Å². The number of carboxylic acids is 1. The van der Waals surface area contributed by atoms with Gasteiger partial charge in [0.1, 0.15) is 5.75 Å². The molecule has 1 aliphatic heterocycles. The number of fused-ring (bicyclic) bond motifs is 1. The smallest absolute Gasteiger partial charge is 0.358 e. The SMILES string of the molecule is COc1ccc2nccc([C@H](O)CC[C@@H]3CCN(CCSc4sccc4P(=O)(O)O)C[C@@H]3C(=O)O)c2c1. The number of hydrogen-bond acceptors (Lipinski definition) is 8. The van der Waals surface area contributed by atoms with Crippen molar-refractivity contribution in [1.29, 1.82) is 0 Å². The zero-order valence-electron chi connectivity index (χ0n) is 20.4. The molecule has 0 spiro atoms. The summed E-state index contributed by atoms with van der Waals surface area (Å²) in [5.74, 6) is -0.118. The van der Waals surface area contributed by atoms with Gasteiger partial charge < -0.3 is 29.6 Å². The molecule has 1 aromatic carbocycles. The lowest BCUT2D eigenvalue weighted by atomic mass is 9.81. The van der Waals surface area contributed by atoms with Gasteiger partial charge in [0.2, 0.25) is 0 Å². The minimum Gasteiger partial charge on any atom is -0.497 e. The van der Waals surface area contributed by atoms with Gasteiger partial charge in [-0.3, -0.25) is 14.3 Å². The quantitative estimate of drug-likeness (QED) is 0.200. The molecule has 9 nitrogen and oxygen atoms in total. The molecule has 3 heterocycles. The fourth-order valence-electron chi connectivity index (χ4n) is 4.87. The van der Waals surface area contributed by atoms with E-state index in [2.05, 4.69) is 9.88 Å². The molecular formula is C25H31N2O7PS2. The van der Waals surface area contributed by atoms with Gasteiger partial charge in [-0.25, -0.2) is 0 Å². The monoisotopic (exact) mass is 566 g/mol. The highest BCUT2D eigenvalue weighted by atomic mass is 32.2.